The van der Waals surface area contributed by atoms with Crippen molar-refractivity contribution in [3.05, 3.63) is 224 Å². The average Bonchev–Trinajstić information content (AvgIpc) is 3.86. The van der Waals surface area contributed by atoms with Crippen molar-refractivity contribution in [2.75, 3.05) is 14.7 Å². The van der Waals surface area contributed by atoms with E-state index >= 15 is 0 Å². The molecule has 0 unspecified atom stereocenters. The maximum atomic E-state index is 6.70. The van der Waals surface area contributed by atoms with Crippen LogP contribution in [0.4, 0.5) is 51.2 Å². The number of rotatable bonds is 9. The summed E-state index contributed by atoms with van der Waals surface area (Å²) in [5, 5.41) is 4.62. The molecule has 0 N–H and O–H groups in total. The molecule has 0 bridgehead atoms. The van der Waals surface area contributed by atoms with E-state index in [-0.39, 0.29) is 0 Å². The van der Waals surface area contributed by atoms with Gasteiger partial charge in [0.25, 0.3) is 0 Å². The van der Waals surface area contributed by atoms with Crippen LogP contribution >= 0.6 is 11.3 Å². The second-order valence-corrected chi connectivity index (χ2v) is 15.7. The number of hydrogen-bond donors (Lipinski definition) is 0. The minimum absolute atomic E-state index is 0.833. The normalized spacial score (nSPS) is 11.4. The van der Waals surface area contributed by atoms with E-state index in [1.165, 1.54) is 20.2 Å². The van der Waals surface area contributed by atoms with Crippen molar-refractivity contribution in [2.24, 2.45) is 0 Å². The minimum Gasteiger partial charge on any atom is -0.456 e. The predicted octanol–water partition coefficient (Wildman–Crippen LogP) is 16.4. The lowest BCUT2D eigenvalue weighted by atomic mass is 10.1. The molecule has 5 heteroatoms. The zero-order valence-corrected chi connectivity index (χ0v) is 32.8. The fourth-order valence-electron chi connectivity index (χ4n) is 8.36. The smallest absolute Gasteiger partial charge is 0.137 e. The molecule has 280 valence electrons. The van der Waals surface area contributed by atoms with Crippen molar-refractivity contribution in [3.8, 4) is 0 Å². The number of fused-ring (bicyclic) bond motifs is 6. The average molecular weight is 776 g/mol. The van der Waals surface area contributed by atoms with Gasteiger partial charge in [0.1, 0.15) is 11.2 Å². The SMILES string of the molecule is c1ccc(N(c2ccc3c(c2)oc2ccc(N(c4ccccc4)c4ccccc4)cc23)c2cc(N(c3ccccc3)c3ccccc3)c3c(c2)sc2ccccc23)cc1. The molecule has 9 aromatic carbocycles. The Morgan fingerprint density at radius 2 is 0.763 bits per heavy atom. The Kier molecular flexibility index (Phi) is 8.64. The van der Waals surface area contributed by atoms with E-state index < -0.39 is 0 Å². The Hall–Kier alpha value is -7.60. The summed E-state index contributed by atoms with van der Waals surface area (Å²) in [5.74, 6) is 0. The molecular weight excluding hydrogens is 739 g/mol. The van der Waals surface area contributed by atoms with Crippen LogP contribution in [0.3, 0.4) is 0 Å². The number of thiophene rings is 1. The number of para-hydroxylation sites is 5. The molecule has 2 aromatic heterocycles. The van der Waals surface area contributed by atoms with Gasteiger partial charge in [-0.2, -0.15) is 0 Å². The summed E-state index contributed by atoms with van der Waals surface area (Å²) in [5.41, 5.74) is 11.4. The van der Waals surface area contributed by atoms with Gasteiger partial charge in [-0.3, -0.25) is 0 Å². The van der Waals surface area contributed by atoms with E-state index in [1.54, 1.807) is 0 Å². The lowest BCUT2D eigenvalue weighted by Crippen LogP contribution is -2.13. The molecule has 0 aliphatic heterocycles. The molecule has 0 spiro atoms. The molecule has 2 heterocycles. The summed E-state index contributed by atoms with van der Waals surface area (Å²) in [6, 6.07) is 79.6. The van der Waals surface area contributed by atoms with Crippen LogP contribution in [0.15, 0.2) is 229 Å². The number of benzene rings is 9. The highest BCUT2D eigenvalue weighted by molar-refractivity contribution is 7.26. The van der Waals surface area contributed by atoms with E-state index in [4.69, 9.17) is 4.42 Å². The first-order valence-corrected chi connectivity index (χ1v) is 20.7. The highest BCUT2D eigenvalue weighted by atomic mass is 32.1. The number of anilines is 9. The fourth-order valence-corrected chi connectivity index (χ4v) is 9.52. The molecule has 59 heavy (non-hydrogen) atoms. The number of nitrogens with zero attached hydrogens (tertiary/aromatic N) is 3. The van der Waals surface area contributed by atoms with Crippen LogP contribution in [-0.2, 0) is 0 Å². The van der Waals surface area contributed by atoms with Crippen molar-refractivity contribution in [1.29, 1.82) is 0 Å². The quantitative estimate of drug-likeness (QED) is 0.146. The molecule has 11 rings (SSSR count). The van der Waals surface area contributed by atoms with Gasteiger partial charge in [-0.1, -0.05) is 109 Å². The molecule has 0 aliphatic carbocycles. The van der Waals surface area contributed by atoms with E-state index in [1.807, 2.05) is 11.3 Å². The van der Waals surface area contributed by atoms with Crippen LogP contribution in [0.25, 0.3) is 42.1 Å². The van der Waals surface area contributed by atoms with Crippen LogP contribution in [-0.4, -0.2) is 0 Å². The maximum Gasteiger partial charge on any atom is 0.137 e. The highest BCUT2D eigenvalue weighted by Crippen LogP contribution is 2.49. The van der Waals surface area contributed by atoms with E-state index in [2.05, 4.69) is 239 Å². The third-order valence-corrected chi connectivity index (χ3v) is 12.1. The van der Waals surface area contributed by atoms with Crippen molar-refractivity contribution in [3.63, 3.8) is 0 Å². The van der Waals surface area contributed by atoms with Crippen molar-refractivity contribution >= 4 is 105 Å². The third-order valence-electron chi connectivity index (χ3n) is 11.0. The molecule has 0 saturated heterocycles. The lowest BCUT2D eigenvalue weighted by Gasteiger charge is -2.30. The van der Waals surface area contributed by atoms with Gasteiger partial charge in [0.15, 0.2) is 0 Å². The van der Waals surface area contributed by atoms with Gasteiger partial charge in [0.2, 0.25) is 0 Å². The summed E-state index contributed by atoms with van der Waals surface area (Å²) in [4.78, 5) is 7.04. The summed E-state index contributed by atoms with van der Waals surface area (Å²) >= 11 is 1.84. The van der Waals surface area contributed by atoms with Crippen molar-refractivity contribution < 1.29 is 4.42 Å². The summed E-state index contributed by atoms with van der Waals surface area (Å²) in [7, 11) is 0. The number of furan rings is 1. The Bertz CT molecular complexity index is 3140. The van der Waals surface area contributed by atoms with Gasteiger partial charge < -0.3 is 19.1 Å². The molecule has 0 fully saturated rings. The molecule has 4 nitrogen and oxygen atoms in total. The Balaban J connectivity index is 1.10. The van der Waals surface area contributed by atoms with Gasteiger partial charge >= 0.3 is 0 Å². The monoisotopic (exact) mass is 775 g/mol. The Labute approximate surface area is 346 Å². The molecule has 0 amide bonds. The zero-order chi connectivity index (χ0) is 39.1. The summed E-state index contributed by atoms with van der Waals surface area (Å²) in [6.07, 6.45) is 0. The van der Waals surface area contributed by atoms with Gasteiger partial charge in [-0.15, -0.1) is 11.3 Å². The lowest BCUT2D eigenvalue weighted by molar-refractivity contribution is 0.669. The molecule has 0 atom stereocenters. The van der Waals surface area contributed by atoms with Gasteiger partial charge in [0, 0.05) is 82.5 Å². The second-order valence-electron chi connectivity index (χ2n) is 14.6. The van der Waals surface area contributed by atoms with Gasteiger partial charge in [-0.05, 0) is 109 Å². The summed E-state index contributed by atoms with van der Waals surface area (Å²) < 4.78 is 9.17. The van der Waals surface area contributed by atoms with E-state index in [9.17, 15) is 0 Å². The van der Waals surface area contributed by atoms with E-state index in [0.29, 0.717) is 0 Å². The van der Waals surface area contributed by atoms with E-state index in [0.717, 1.165) is 73.1 Å². The molecule has 0 aliphatic rings. The van der Waals surface area contributed by atoms with Crippen LogP contribution in [0, 0.1) is 0 Å². The highest BCUT2D eigenvalue weighted by Gasteiger charge is 2.23. The summed E-state index contributed by atoms with van der Waals surface area (Å²) in [6.45, 7) is 0. The van der Waals surface area contributed by atoms with Crippen LogP contribution in [0.2, 0.25) is 0 Å². The third kappa shape index (κ3) is 6.25. The van der Waals surface area contributed by atoms with Gasteiger partial charge in [-0.25, -0.2) is 0 Å². The van der Waals surface area contributed by atoms with Crippen molar-refractivity contribution in [1.82, 2.24) is 0 Å². The molecule has 11 aromatic rings. The van der Waals surface area contributed by atoms with Crippen LogP contribution in [0.1, 0.15) is 0 Å². The molecule has 0 radical (unpaired) electrons. The first-order chi connectivity index (χ1) is 29.3. The molecule has 0 saturated carbocycles. The van der Waals surface area contributed by atoms with Crippen molar-refractivity contribution in [2.45, 2.75) is 0 Å². The standard InChI is InChI=1S/C54H37N3OS/c1-6-18-38(19-7-1)55(39-20-8-2-9-21-39)43-31-33-50-48(34-43)46-32-30-44(36-51(46)58-50)56(40-22-10-3-11-23-40)45-35-49(54-47-28-16-17-29-52(47)59-53(54)37-45)57(41-24-12-4-13-25-41)42-26-14-5-15-27-42/h1-37H. The molecular formula is C54H37N3OS. The minimum atomic E-state index is 0.833. The first-order valence-electron chi connectivity index (χ1n) is 19.8. The predicted molar refractivity (Wildman–Crippen MR) is 251 cm³/mol. The number of hydrogen-bond acceptors (Lipinski definition) is 5. The Morgan fingerprint density at radius 1 is 0.288 bits per heavy atom. The first kappa shape index (κ1) is 34.6. The fraction of sp³-hybridized carbons (Fsp3) is 0. The second kappa shape index (κ2) is 14.7. The topological polar surface area (TPSA) is 22.9 Å². The van der Waals surface area contributed by atoms with Gasteiger partial charge in [0.05, 0.1) is 5.69 Å². The largest absolute Gasteiger partial charge is 0.456 e. The zero-order valence-electron chi connectivity index (χ0n) is 32.0. The Morgan fingerprint density at radius 3 is 1.34 bits per heavy atom. The maximum absolute atomic E-state index is 6.70. The van der Waals surface area contributed by atoms with Crippen LogP contribution in [0.5, 0.6) is 0 Å². The van der Waals surface area contributed by atoms with Crippen LogP contribution < -0.4 is 14.7 Å².